The van der Waals surface area contributed by atoms with Crippen LogP contribution < -0.4 is 4.90 Å². The molecule has 102 valence electrons. The predicted molar refractivity (Wildman–Crippen MR) is 75.1 cm³/mol. The molecule has 0 aromatic carbocycles. The van der Waals surface area contributed by atoms with Crippen molar-refractivity contribution < 1.29 is 4.79 Å². The number of hydrogen-bond donors (Lipinski definition) is 0. The number of amides is 1. The van der Waals surface area contributed by atoms with Crippen LogP contribution in [0.3, 0.4) is 0 Å². The molecule has 0 saturated carbocycles. The van der Waals surface area contributed by atoms with Crippen molar-refractivity contribution in [2.75, 3.05) is 25.0 Å². The fourth-order valence-corrected chi connectivity index (χ4v) is 2.42. The Balaban J connectivity index is 2.18. The van der Waals surface area contributed by atoms with E-state index in [-0.39, 0.29) is 11.9 Å². The summed E-state index contributed by atoms with van der Waals surface area (Å²) in [5, 5.41) is 0. The first kappa shape index (κ1) is 13.5. The Morgan fingerprint density at radius 1 is 1.47 bits per heavy atom. The second kappa shape index (κ2) is 5.38. The van der Waals surface area contributed by atoms with Gasteiger partial charge in [0.1, 0.15) is 6.04 Å². The minimum absolute atomic E-state index is 0.130. The van der Waals surface area contributed by atoms with E-state index in [1.54, 1.807) is 6.08 Å². The zero-order valence-corrected chi connectivity index (χ0v) is 11.8. The lowest BCUT2D eigenvalue weighted by Gasteiger charge is -2.24. The molecular weight excluding hydrogens is 240 g/mol. The van der Waals surface area contributed by atoms with Gasteiger partial charge in [-0.3, -0.25) is 4.79 Å². The smallest absolute Gasteiger partial charge is 0.245 e. The van der Waals surface area contributed by atoms with Gasteiger partial charge in [0.05, 0.1) is 0 Å². The fraction of sp³-hybridized carbons (Fsp3) is 0.500. The van der Waals surface area contributed by atoms with Gasteiger partial charge in [-0.15, -0.1) is 6.58 Å². The maximum absolute atomic E-state index is 12.3. The van der Waals surface area contributed by atoms with Gasteiger partial charge in [-0.25, -0.2) is 9.97 Å². The van der Waals surface area contributed by atoms with Crippen LogP contribution in [0, 0.1) is 13.8 Å². The number of nitrogens with zero attached hydrogens (tertiary/aromatic N) is 4. The highest BCUT2D eigenvalue weighted by Crippen LogP contribution is 2.20. The molecule has 2 rings (SSSR count). The molecule has 5 nitrogen and oxygen atoms in total. The molecule has 0 aliphatic carbocycles. The van der Waals surface area contributed by atoms with E-state index in [4.69, 9.17) is 0 Å². The number of anilines is 1. The third-order valence-corrected chi connectivity index (χ3v) is 3.37. The number of rotatable bonds is 4. The molecule has 0 spiro atoms. The van der Waals surface area contributed by atoms with Crippen LogP contribution in [-0.2, 0) is 4.79 Å². The van der Waals surface area contributed by atoms with E-state index < -0.39 is 0 Å². The Hall–Kier alpha value is -1.91. The first-order valence-electron chi connectivity index (χ1n) is 6.47. The Morgan fingerprint density at radius 2 is 2.11 bits per heavy atom. The summed E-state index contributed by atoms with van der Waals surface area (Å²) in [6.07, 6.45) is 2.56. The van der Waals surface area contributed by atoms with Crippen LogP contribution in [-0.4, -0.2) is 47.0 Å². The van der Waals surface area contributed by atoms with Gasteiger partial charge in [-0.1, -0.05) is 6.08 Å². The van der Waals surface area contributed by atoms with E-state index in [1.807, 2.05) is 36.8 Å². The van der Waals surface area contributed by atoms with Gasteiger partial charge in [0.15, 0.2) is 0 Å². The summed E-state index contributed by atoms with van der Waals surface area (Å²) < 4.78 is 0. The van der Waals surface area contributed by atoms with Gasteiger partial charge in [-0.05, 0) is 26.3 Å². The number of aryl methyl sites for hydroxylation is 2. The fourth-order valence-electron chi connectivity index (χ4n) is 2.42. The summed E-state index contributed by atoms with van der Waals surface area (Å²) in [7, 11) is 1.88. The van der Waals surface area contributed by atoms with Gasteiger partial charge >= 0.3 is 0 Å². The van der Waals surface area contributed by atoms with Crippen LogP contribution in [0.15, 0.2) is 18.7 Å². The second-order valence-electron chi connectivity index (χ2n) is 4.94. The molecule has 2 heterocycles. The van der Waals surface area contributed by atoms with E-state index in [0.29, 0.717) is 12.5 Å². The molecular formula is C14H20N4O. The molecule has 5 heteroatoms. The van der Waals surface area contributed by atoms with Gasteiger partial charge in [-0.2, -0.15) is 0 Å². The average Bonchev–Trinajstić information content (AvgIpc) is 2.70. The van der Waals surface area contributed by atoms with Gasteiger partial charge in [0, 0.05) is 31.5 Å². The minimum atomic E-state index is -0.166. The van der Waals surface area contributed by atoms with Crippen LogP contribution in [0.2, 0.25) is 0 Å². The maximum atomic E-state index is 12.3. The second-order valence-corrected chi connectivity index (χ2v) is 4.94. The maximum Gasteiger partial charge on any atom is 0.245 e. The van der Waals surface area contributed by atoms with E-state index in [0.717, 1.165) is 24.4 Å². The molecule has 0 bridgehead atoms. The quantitative estimate of drug-likeness (QED) is 0.766. The van der Waals surface area contributed by atoms with Crippen molar-refractivity contribution in [3.63, 3.8) is 0 Å². The molecule has 1 aromatic rings. The summed E-state index contributed by atoms with van der Waals surface area (Å²) in [5.74, 6) is 0.751. The largest absolute Gasteiger partial charge is 0.337 e. The molecule has 1 amide bonds. The molecule has 0 unspecified atom stereocenters. The lowest BCUT2D eigenvalue weighted by atomic mass is 10.2. The van der Waals surface area contributed by atoms with Crippen molar-refractivity contribution in [3.05, 3.63) is 30.1 Å². The zero-order valence-electron chi connectivity index (χ0n) is 11.8. The normalized spacial score (nSPS) is 18.8. The molecule has 1 aliphatic rings. The van der Waals surface area contributed by atoms with Gasteiger partial charge in [0.25, 0.3) is 0 Å². The molecule has 1 saturated heterocycles. The zero-order chi connectivity index (χ0) is 14.0. The lowest BCUT2D eigenvalue weighted by molar-refractivity contribution is -0.128. The Kier molecular flexibility index (Phi) is 3.83. The van der Waals surface area contributed by atoms with Crippen molar-refractivity contribution >= 4 is 11.9 Å². The first-order chi connectivity index (χ1) is 9.02. The predicted octanol–water partition coefficient (Wildman–Crippen LogP) is 1.32. The third-order valence-electron chi connectivity index (χ3n) is 3.37. The van der Waals surface area contributed by atoms with Crippen LogP contribution in [0.25, 0.3) is 0 Å². The molecule has 1 aromatic heterocycles. The number of carbonyl (C=O) groups excluding carboxylic acids is 1. The van der Waals surface area contributed by atoms with Crippen molar-refractivity contribution in [2.45, 2.75) is 26.3 Å². The number of likely N-dealkylation sites (tertiary alicyclic amines) is 1. The molecule has 1 atom stereocenters. The van der Waals surface area contributed by atoms with Gasteiger partial charge < -0.3 is 9.80 Å². The summed E-state index contributed by atoms with van der Waals surface area (Å²) in [6, 6.07) is 1.76. The standard InChI is InChI=1S/C14H20N4O/c1-5-7-18-8-6-12(13(18)19)17(4)14-15-10(2)9-11(3)16-14/h5,9,12H,1,6-8H2,2-4H3/t12-/m1/s1. The Labute approximate surface area is 114 Å². The number of hydrogen-bond acceptors (Lipinski definition) is 4. The molecule has 0 radical (unpaired) electrons. The van der Waals surface area contributed by atoms with Gasteiger partial charge in [0.2, 0.25) is 11.9 Å². The summed E-state index contributed by atoms with van der Waals surface area (Å²) >= 11 is 0. The van der Waals surface area contributed by atoms with Crippen LogP contribution >= 0.6 is 0 Å². The van der Waals surface area contributed by atoms with Crippen LogP contribution in [0.1, 0.15) is 17.8 Å². The molecule has 1 fully saturated rings. The highest BCUT2D eigenvalue weighted by Gasteiger charge is 2.34. The van der Waals surface area contributed by atoms with Crippen LogP contribution in [0.5, 0.6) is 0 Å². The topological polar surface area (TPSA) is 49.3 Å². The number of carbonyl (C=O) groups is 1. The Morgan fingerprint density at radius 3 is 2.68 bits per heavy atom. The summed E-state index contributed by atoms with van der Waals surface area (Å²) in [6.45, 7) is 8.93. The minimum Gasteiger partial charge on any atom is -0.337 e. The molecule has 19 heavy (non-hydrogen) atoms. The van der Waals surface area contributed by atoms with E-state index in [1.165, 1.54) is 0 Å². The monoisotopic (exact) mass is 260 g/mol. The number of likely N-dealkylation sites (N-methyl/N-ethyl adjacent to an activating group) is 1. The van der Waals surface area contributed by atoms with Crippen molar-refractivity contribution in [2.24, 2.45) is 0 Å². The van der Waals surface area contributed by atoms with E-state index >= 15 is 0 Å². The lowest BCUT2D eigenvalue weighted by Crippen LogP contribution is -2.40. The molecule has 0 N–H and O–H groups in total. The molecule has 1 aliphatic heterocycles. The van der Waals surface area contributed by atoms with Crippen LogP contribution in [0.4, 0.5) is 5.95 Å². The SMILES string of the molecule is C=CCN1CC[C@@H](N(C)c2nc(C)cc(C)n2)C1=O. The average molecular weight is 260 g/mol. The van der Waals surface area contributed by atoms with Crippen molar-refractivity contribution in [1.82, 2.24) is 14.9 Å². The van der Waals surface area contributed by atoms with Crippen molar-refractivity contribution in [1.29, 1.82) is 0 Å². The first-order valence-corrected chi connectivity index (χ1v) is 6.47. The third kappa shape index (κ3) is 2.75. The highest BCUT2D eigenvalue weighted by molar-refractivity contribution is 5.86. The summed E-state index contributed by atoms with van der Waals surface area (Å²) in [5.41, 5.74) is 1.84. The van der Waals surface area contributed by atoms with E-state index in [2.05, 4.69) is 16.5 Å². The number of aromatic nitrogens is 2. The highest BCUT2D eigenvalue weighted by atomic mass is 16.2. The Bertz CT molecular complexity index is 480. The summed E-state index contributed by atoms with van der Waals surface area (Å²) in [4.78, 5) is 24.8. The van der Waals surface area contributed by atoms with Crippen molar-refractivity contribution in [3.8, 4) is 0 Å². The van der Waals surface area contributed by atoms with E-state index in [9.17, 15) is 4.79 Å².